The summed E-state index contributed by atoms with van der Waals surface area (Å²) < 4.78 is 11.7. The second kappa shape index (κ2) is 10.0. The lowest BCUT2D eigenvalue weighted by atomic mass is 9.86. The number of carbonyl (C=O) groups excluding carboxylic acids is 1. The number of methoxy groups -OCH3 is 1. The molecule has 0 heterocycles. The van der Waals surface area contributed by atoms with Crippen molar-refractivity contribution in [2.75, 3.05) is 13.7 Å². The second-order valence-electron chi connectivity index (χ2n) is 6.53. The summed E-state index contributed by atoms with van der Waals surface area (Å²) in [6.07, 6.45) is 11.1. The topological polar surface area (TPSA) is 71.3 Å². The molecule has 1 amide bonds. The van der Waals surface area contributed by atoms with Crippen LogP contribution in [0.3, 0.4) is 0 Å². The summed E-state index contributed by atoms with van der Waals surface area (Å²) in [7, 11) is 1.51. The third kappa shape index (κ3) is 5.52. The Hall–Kier alpha value is -2.44. The standard InChI is InChI=1S/C21H23BrN2O3/c1-4-9-27-20-15(11-17(22)12-19(20)26-3)10-16(13-23)21(25)24-18-8-6-5-7-14(18)2/h1,10-12,14,18H,5-9H2,2-3H3,(H,24,25)/b16-10+/t14-,18+/m0/s1. The molecule has 0 radical (unpaired) electrons. The van der Waals surface area contributed by atoms with E-state index in [-0.39, 0.29) is 24.1 Å². The average molecular weight is 431 g/mol. The Morgan fingerprint density at radius 1 is 1.44 bits per heavy atom. The highest BCUT2D eigenvalue weighted by molar-refractivity contribution is 9.10. The molecule has 1 aromatic rings. The lowest BCUT2D eigenvalue weighted by molar-refractivity contribution is -0.118. The number of carbonyl (C=O) groups is 1. The number of hydrogen-bond acceptors (Lipinski definition) is 4. The van der Waals surface area contributed by atoms with Crippen LogP contribution in [0.25, 0.3) is 6.08 Å². The van der Waals surface area contributed by atoms with Crippen LogP contribution in [-0.4, -0.2) is 25.7 Å². The predicted octanol–water partition coefficient (Wildman–Crippen LogP) is 4.07. The zero-order valence-corrected chi connectivity index (χ0v) is 17.1. The van der Waals surface area contributed by atoms with Gasteiger partial charge in [0.15, 0.2) is 11.5 Å². The summed E-state index contributed by atoms with van der Waals surface area (Å²) in [6.45, 7) is 2.18. The fourth-order valence-corrected chi connectivity index (χ4v) is 3.65. The van der Waals surface area contributed by atoms with Crippen LogP contribution in [-0.2, 0) is 4.79 Å². The average Bonchev–Trinajstić information content (AvgIpc) is 2.66. The number of nitrogens with zero attached hydrogens (tertiary/aromatic N) is 1. The van der Waals surface area contributed by atoms with Crippen LogP contribution in [0.5, 0.6) is 11.5 Å². The SMILES string of the molecule is C#CCOc1c(/C=C(\C#N)C(=O)N[C@@H]2CCCC[C@@H]2C)cc(Br)cc1OC. The van der Waals surface area contributed by atoms with Crippen molar-refractivity contribution in [1.82, 2.24) is 5.32 Å². The van der Waals surface area contributed by atoms with Crippen molar-refractivity contribution in [3.05, 3.63) is 27.7 Å². The van der Waals surface area contributed by atoms with E-state index in [1.807, 2.05) is 6.07 Å². The van der Waals surface area contributed by atoms with Gasteiger partial charge in [-0.25, -0.2) is 0 Å². The highest BCUT2D eigenvalue weighted by Gasteiger charge is 2.24. The third-order valence-corrected chi connectivity index (χ3v) is 5.12. The molecule has 1 N–H and O–H groups in total. The van der Waals surface area contributed by atoms with Gasteiger partial charge in [-0.2, -0.15) is 5.26 Å². The van der Waals surface area contributed by atoms with Crippen LogP contribution in [0.1, 0.15) is 38.2 Å². The van der Waals surface area contributed by atoms with Gasteiger partial charge in [0.25, 0.3) is 5.91 Å². The lowest BCUT2D eigenvalue weighted by Gasteiger charge is -2.29. The summed E-state index contributed by atoms with van der Waals surface area (Å²) in [5.41, 5.74) is 0.554. The van der Waals surface area contributed by atoms with Crippen molar-refractivity contribution in [3.8, 4) is 29.9 Å². The molecule has 2 rings (SSSR count). The molecule has 1 saturated carbocycles. The van der Waals surface area contributed by atoms with Crippen molar-refractivity contribution in [1.29, 1.82) is 5.26 Å². The Balaban J connectivity index is 2.33. The number of amides is 1. The molecule has 1 aromatic carbocycles. The van der Waals surface area contributed by atoms with E-state index in [4.69, 9.17) is 15.9 Å². The van der Waals surface area contributed by atoms with Crippen LogP contribution >= 0.6 is 15.9 Å². The molecule has 6 heteroatoms. The maximum absolute atomic E-state index is 12.6. The number of hydrogen-bond donors (Lipinski definition) is 1. The number of terminal acetylenes is 1. The molecule has 1 aliphatic rings. The number of halogens is 1. The minimum absolute atomic E-state index is 0.0125. The van der Waals surface area contributed by atoms with Gasteiger partial charge in [0.2, 0.25) is 0 Å². The first kappa shape index (κ1) is 20.9. The second-order valence-corrected chi connectivity index (χ2v) is 7.45. The molecular formula is C21H23BrN2O3. The van der Waals surface area contributed by atoms with E-state index >= 15 is 0 Å². The minimum atomic E-state index is -0.377. The van der Waals surface area contributed by atoms with Crippen molar-refractivity contribution < 1.29 is 14.3 Å². The van der Waals surface area contributed by atoms with Gasteiger partial charge in [0.1, 0.15) is 18.2 Å². The summed E-state index contributed by atoms with van der Waals surface area (Å²) in [5.74, 6) is 3.29. The summed E-state index contributed by atoms with van der Waals surface area (Å²) in [6, 6.07) is 5.57. The fraction of sp³-hybridized carbons (Fsp3) is 0.429. The zero-order valence-electron chi connectivity index (χ0n) is 15.5. The van der Waals surface area contributed by atoms with Crippen molar-refractivity contribution >= 4 is 27.9 Å². The molecule has 0 aromatic heterocycles. The quantitative estimate of drug-likeness (QED) is 0.419. The first-order valence-corrected chi connectivity index (χ1v) is 9.66. The minimum Gasteiger partial charge on any atom is -0.493 e. The zero-order chi connectivity index (χ0) is 19.8. The molecular weight excluding hydrogens is 408 g/mol. The maximum Gasteiger partial charge on any atom is 0.262 e. The van der Waals surface area contributed by atoms with Crippen molar-refractivity contribution in [2.45, 2.75) is 38.6 Å². The molecule has 0 bridgehead atoms. The van der Waals surface area contributed by atoms with E-state index in [1.165, 1.54) is 19.6 Å². The van der Waals surface area contributed by atoms with Crippen molar-refractivity contribution in [3.63, 3.8) is 0 Å². The Kier molecular flexibility index (Phi) is 7.76. The summed E-state index contributed by atoms with van der Waals surface area (Å²) in [5, 5.41) is 12.5. The Bertz CT molecular complexity index is 805. The van der Waals surface area contributed by atoms with E-state index in [0.717, 1.165) is 23.7 Å². The number of nitrogens with one attached hydrogen (secondary N) is 1. The van der Waals surface area contributed by atoms with Gasteiger partial charge in [0.05, 0.1) is 7.11 Å². The normalized spacial score (nSPS) is 19.5. The number of nitriles is 1. The van der Waals surface area contributed by atoms with Gasteiger partial charge in [-0.1, -0.05) is 41.6 Å². The summed E-state index contributed by atoms with van der Waals surface area (Å²) in [4.78, 5) is 12.6. The maximum atomic E-state index is 12.6. The Morgan fingerprint density at radius 3 is 2.81 bits per heavy atom. The molecule has 0 saturated heterocycles. The first-order valence-electron chi connectivity index (χ1n) is 8.86. The molecule has 1 aliphatic carbocycles. The molecule has 0 spiro atoms. The number of rotatable bonds is 6. The predicted molar refractivity (Wildman–Crippen MR) is 108 cm³/mol. The van der Waals surface area contributed by atoms with Gasteiger partial charge >= 0.3 is 0 Å². The van der Waals surface area contributed by atoms with E-state index in [0.29, 0.717) is 23.0 Å². The van der Waals surface area contributed by atoms with Crippen LogP contribution in [0.2, 0.25) is 0 Å². The molecule has 5 nitrogen and oxygen atoms in total. The molecule has 142 valence electrons. The number of ether oxygens (including phenoxy) is 2. The highest BCUT2D eigenvalue weighted by atomic mass is 79.9. The molecule has 0 unspecified atom stereocenters. The smallest absolute Gasteiger partial charge is 0.262 e. The molecule has 27 heavy (non-hydrogen) atoms. The Morgan fingerprint density at radius 2 is 2.19 bits per heavy atom. The van der Waals surface area contributed by atoms with Gasteiger partial charge in [-0.05, 0) is 37.0 Å². The van der Waals surface area contributed by atoms with Gasteiger partial charge in [0, 0.05) is 16.1 Å². The van der Waals surface area contributed by atoms with Crippen LogP contribution in [0, 0.1) is 29.6 Å². The lowest BCUT2D eigenvalue weighted by Crippen LogP contribution is -2.41. The van der Waals surface area contributed by atoms with Crippen LogP contribution in [0.4, 0.5) is 0 Å². The monoisotopic (exact) mass is 430 g/mol. The van der Waals surface area contributed by atoms with Gasteiger partial charge in [-0.15, -0.1) is 6.42 Å². The van der Waals surface area contributed by atoms with E-state index < -0.39 is 0 Å². The van der Waals surface area contributed by atoms with E-state index in [9.17, 15) is 10.1 Å². The highest BCUT2D eigenvalue weighted by Crippen LogP contribution is 2.36. The van der Waals surface area contributed by atoms with Gasteiger partial charge < -0.3 is 14.8 Å². The van der Waals surface area contributed by atoms with Gasteiger partial charge in [-0.3, -0.25) is 4.79 Å². The largest absolute Gasteiger partial charge is 0.493 e. The third-order valence-electron chi connectivity index (χ3n) is 4.66. The molecule has 2 atom stereocenters. The van der Waals surface area contributed by atoms with E-state index in [2.05, 4.69) is 34.1 Å². The summed E-state index contributed by atoms with van der Waals surface area (Å²) >= 11 is 3.40. The van der Waals surface area contributed by atoms with Crippen LogP contribution in [0.15, 0.2) is 22.2 Å². The van der Waals surface area contributed by atoms with E-state index in [1.54, 1.807) is 12.1 Å². The first-order chi connectivity index (χ1) is 13.0. The fourth-order valence-electron chi connectivity index (χ4n) is 3.20. The number of benzene rings is 1. The Labute approximate surface area is 168 Å². The molecule has 0 aliphatic heterocycles. The molecule has 1 fully saturated rings. The van der Waals surface area contributed by atoms with Crippen LogP contribution < -0.4 is 14.8 Å². The van der Waals surface area contributed by atoms with Crippen molar-refractivity contribution in [2.24, 2.45) is 5.92 Å².